The first-order valence-corrected chi connectivity index (χ1v) is 11.1. The Labute approximate surface area is 207 Å². The molecule has 4 rings (SSSR count). The maximum atomic E-state index is 12.3. The molecule has 0 aliphatic carbocycles. The molecule has 2 aromatic carbocycles. The number of phenolic OH excluding ortho intramolecular Hbond substituents is 2. The van der Waals surface area contributed by atoms with Crippen molar-refractivity contribution in [2.24, 2.45) is 0 Å². The Morgan fingerprint density at radius 3 is 1.58 bits per heavy atom. The minimum atomic E-state index is -0.648. The van der Waals surface area contributed by atoms with E-state index in [1.54, 1.807) is 24.3 Å². The maximum Gasteiger partial charge on any atom is 0.331 e. The number of hydrogen-bond acceptors (Lipinski definition) is 10. The molecule has 36 heavy (non-hydrogen) atoms. The van der Waals surface area contributed by atoms with E-state index in [9.17, 15) is 19.8 Å². The molecule has 0 amide bonds. The summed E-state index contributed by atoms with van der Waals surface area (Å²) in [7, 11) is 2.87. The van der Waals surface area contributed by atoms with Crippen LogP contribution >= 0.6 is 0 Å². The first-order valence-electron chi connectivity index (χ1n) is 11.1. The van der Waals surface area contributed by atoms with Gasteiger partial charge in [-0.1, -0.05) is 12.1 Å². The molecule has 0 bridgehead atoms. The van der Waals surface area contributed by atoms with Crippen molar-refractivity contribution in [3.63, 3.8) is 0 Å². The van der Waals surface area contributed by atoms with Gasteiger partial charge in [0.15, 0.2) is 35.2 Å². The van der Waals surface area contributed by atoms with Gasteiger partial charge >= 0.3 is 11.9 Å². The Bertz CT molecular complexity index is 1080. The van der Waals surface area contributed by atoms with E-state index in [1.165, 1.54) is 50.7 Å². The third kappa shape index (κ3) is 5.78. The monoisotopic (exact) mass is 498 g/mol. The number of hydrogen-bond donors (Lipinski definition) is 2. The van der Waals surface area contributed by atoms with Gasteiger partial charge in [0, 0.05) is 12.2 Å². The number of carbonyl (C=O) groups excluding carboxylic acids is 2. The Hall–Kier alpha value is -4.02. The van der Waals surface area contributed by atoms with Crippen molar-refractivity contribution in [1.29, 1.82) is 0 Å². The smallest absolute Gasteiger partial charge is 0.331 e. The van der Waals surface area contributed by atoms with Crippen molar-refractivity contribution in [3.8, 4) is 23.0 Å². The average Bonchev–Trinajstić information content (AvgIpc) is 3.46. The highest BCUT2D eigenvalue weighted by Crippen LogP contribution is 2.31. The molecule has 0 spiro atoms. The van der Waals surface area contributed by atoms with Crippen LogP contribution in [0.25, 0.3) is 12.2 Å². The molecule has 10 nitrogen and oxygen atoms in total. The van der Waals surface area contributed by atoms with Crippen molar-refractivity contribution in [2.45, 2.75) is 24.4 Å². The number of benzene rings is 2. The zero-order chi connectivity index (χ0) is 25.7. The number of ether oxygens (including phenoxy) is 6. The second-order valence-electron chi connectivity index (χ2n) is 8.08. The summed E-state index contributed by atoms with van der Waals surface area (Å²) in [5, 5.41) is 19.3. The summed E-state index contributed by atoms with van der Waals surface area (Å²) in [5.74, 6) is -0.613. The normalized spacial score (nSPS) is 23.1. The van der Waals surface area contributed by atoms with Crippen LogP contribution in [0.15, 0.2) is 48.6 Å². The fourth-order valence-electron chi connectivity index (χ4n) is 3.93. The second kappa shape index (κ2) is 11.1. The van der Waals surface area contributed by atoms with Crippen molar-refractivity contribution in [3.05, 3.63) is 59.7 Å². The molecule has 0 saturated carbocycles. The van der Waals surface area contributed by atoms with E-state index in [1.807, 2.05) is 0 Å². The van der Waals surface area contributed by atoms with Crippen molar-refractivity contribution in [2.75, 3.05) is 27.4 Å². The molecule has 2 aliphatic heterocycles. The molecule has 0 radical (unpaired) electrons. The first kappa shape index (κ1) is 25.1. The molecule has 2 aliphatic rings. The Morgan fingerprint density at radius 1 is 0.778 bits per heavy atom. The number of phenols is 2. The highest BCUT2D eigenvalue weighted by molar-refractivity contribution is 5.88. The van der Waals surface area contributed by atoms with Crippen LogP contribution in [0.3, 0.4) is 0 Å². The van der Waals surface area contributed by atoms with Gasteiger partial charge in [0.25, 0.3) is 0 Å². The van der Waals surface area contributed by atoms with Gasteiger partial charge in [-0.25, -0.2) is 9.59 Å². The molecule has 10 heteroatoms. The van der Waals surface area contributed by atoms with Crippen LogP contribution in [0.4, 0.5) is 0 Å². The van der Waals surface area contributed by atoms with Gasteiger partial charge in [0.1, 0.15) is 12.2 Å². The van der Waals surface area contributed by atoms with Crippen LogP contribution in [0.1, 0.15) is 11.1 Å². The van der Waals surface area contributed by atoms with Gasteiger partial charge in [0.05, 0.1) is 27.4 Å². The van der Waals surface area contributed by atoms with Crippen LogP contribution in [-0.4, -0.2) is 74.0 Å². The van der Waals surface area contributed by atoms with E-state index in [0.717, 1.165) is 0 Å². The molecule has 0 unspecified atom stereocenters. The minimum absolute atomic E-state index is 0.00363. The van der Waals surface area contributed by atoms with E-state index in [2.05, 4.69) is 0 Å². The highest BCUT2D eigenvalue weighted by Gasteiger charge is 2.51. The lowest BCUT2D eigenvalue weighted by atomic mass is 10.1. The lowest BCUT2D eigenvalue weighted by molar-refractivity contribution is -0.149. The quantitative estimate of drug-likeness (QED) is 0.413. The molecule has 2 aromatic rings. The number of rotatable bonds is 8. The van der Waals surface area contributed by atoms with Gasteiger partial charge < -0.3 is 38.6 Å². The third-order valence-corrected chi connectivity index (χ3v) is 5.73. The number of carbonyl (C=O) groups is 2. The van der Waals surface area contributed by atoms with Gasteiger partial charge in [-0.05, 0) is 47.5 Å². The second-order valence-corrected chi connectivity index (χ2v) is 8.08. The number of fused-ring (bicyclic) bond motifs is 1. The van der Waals surface area contributed by atoms with Crippen LogP contribution in [-0.2, 0) is 28.5 Å². The summed E-state index contributed by atoms with van der Waals surface area (Å²) in [4.78, 5) is 24.6. The fourth-order valence-corrected chi connectivity index (χ4v) is 3.93. The Morgan fingerprint density at radius 2 is 1.19 bits per heavy atom. The lowest BCUT2D eigenvalue weighted by Crippen LogP contribution is -2.35. The zero-order valence-corrected chi connectivity index (χ0v) is 19.7. The van der Waals surface area contributed by atoms with Crippen LogP contribution in [0.5, 0.6) is 23.0 Å². The van der Waals surface area contributed by atoms with Gasteiger partial charge in [-0.2, -0.15) is 0 Å². The van der Waals surface area contributed by atoms with Gasteiger partial charge in [-0.15, -0.1) is 0 Å². The van der Waals surface area contributed by atoms with Crippen molar-refractivity contribution >= 4 is 24.1 Å². The third-order valence-electron chi connectivity index (χ3n) is 5.73. The lowest BCUT2D eigenvalue weighted by Gasteiger charge is -2.16. The standard InChI is InChI=1S/C26H26O10/c1-31-19-11-15(3-7-17(19)27)5-9-23(29)35-21-13-33-26-22(14-34-25(21)26)36-24(30)10-6-16-4-8-18(28)20(12-16)32-2/h3-12,21-22,25-28H,13-14H2,1-2H3/t21-,22+,25-,26-/m1/s1. The minimum Gasteiger partial charge on any atom is -0.504 e. The molecular weight excluding hydrogens is 472 g/mol. The summed E-state index contributed by atoms with van der Waals surface area (Å²) in [6.45, 7) is 0.221. The summed E-state index contributed by atoms with van der Waals surface area (Å²) in [6, 6.07) is 9.34. The van der Waals surface area contributed by atoms with Crippen LogP contribution < -0.4 is 9.47 Å². The highest BCUT2D eigenvalue weighted by atomic mass is 16.7. The summed E-state index contributed by atoms with van der Waals surface area (Å²) >= 11 is 0. The molecule has 2 N–H and O–H groups in total. The van der Waals surface area contributed by atoms with E-state index in [4.69, 9.17) is 28.4 Å². The molecule has 4 atom stereocenters. The van der Waals surface area contributed by atoms with E-state index >= 15 is 0 Å². The molecule has 2 heterocycles. The average molecular weight is 498 g/mol. The summed E-state index contributed by atoms with van der Waals surface area (Å²) in [5.41, 5.74) is 1.29. The fraction of sp³-hybridized carbons (Fsp3) is 0.308. The molecule has 2 saturated heterocycles. The van der Waals surface area contributed by atoms with E-state index in [0.29, 0.717) is 11.1 Å². The number of methoxy groups -OCH3 is 2. The summed E-state index contributed by atoms with van der Waals surface area (Å²) < 4.78 is 32.4. The molecular formula is C26H26O10. The first-order chi connectivity index (χ1) is 17.4. The molecule has 0 aromatic heterocycles. The van der Waals surface area contributed by atoms with Gasteiger partial charge in [-0.3, -0.25) is 0 Å². The Kier molecular flexibility index (Phi) is 7.77. The predicted molar refractivity (Wildman–Crippen MR) is 127 cm³/mol. The van der Waals surface area contributed by atoms with Crippen molar-refractivity contribution < 1.29 is 48.2 Å². The zero-order valence-electron chi connectivity index (χ0n) is 19.7. The Balaban J connectivity index is 1.29. The van der Waals surface area contributed by atoms with Crippen molar-refractivity contribution in [1.82, 2.24) is 0 Å². The number of esters is 2. The topological polar surface area (TPSA) is 130 Å². The maximum absolute atomic E-state index is 12.3. The predicted octanol–water partition coefficient (Wildman–Crippen LogP) is 2.46. The van der Waals surface area contributed by atoms with Gasteiger partial charge in [0.2, 0.25) is 0 Å². The molecule has 2 fully saturated rings. The SMILES string of the molecule is COc1cc(C=CC(=O)O[C@H]2CO[C@H]3[C@@H]2OC[C@H]3OC(=O)C=Cc2ccc(O)c(OC)c2)ccc1O. The van der Waals surface area contributed by atoms with Crippen LogP contribution in [0.2, 0.25) is 0 Å². The molecule has 190 valence electrons. The largest absolute Gasteiger partial charge is 0.504 e. The summed E-state index contributed by atoms with van der Waals surface area (Å²) in [6.07, 6.45) is 3.18. The number of aromatic hydroxyl groups is 2. The van der Waals surface area contributed by atoms with Crippen LogP contribution in [0, 0.1) is 0 Å². The van der Waals surface area contributed by atoms with E-state index in [-0.39, 0.29) is 36.2 Å². The van der Waals surface area contributed by atoms with E-state index < -0.39 is 36.4 Å².